The minimum absolute atomic E-state index is 0.0223. The Morgan fingerprint density at radius 2 is 1.92 bits per heavy atom. The van der Waals surface area contributed by atoms with Gasteiger partial charge in [0.2, 0.25) is 5.90 Å². The molecule has 0 saturated heterocycles. The molecule has 0 N–H and O–H groups in total. The van der Waals surface area contributed by atoms with Gasteiger partial charge in [0.05, 0.1) is 12.0 Å². The maximum atomic E-state index is 12.0. The summed E-state index contributed by atoms with van der Waals surface area (Å²) in [6, 6.07) is 11.8. The molecular formula is C18H14N2O5. The zero-order valence-corrected chi connectivity index (χ0v) is 13.6. The van der Waals surface area contributed by atoms with Gasteiger partial charge in [-0.15, -0.1) is 0 Å². The second-order valence-corrected chi connectivity index (χ2v) is 5.39. The molecule has 25 heavy (non-hydrogen) atoms. The van der Waals surface area contributed by atoms with Gasteiger partial charge >= 0.3 is 11.7 Å². The van der Waals surface area contributed by atoms with Crippen LogP contribution in [-0.2, 0) is 9.53 Å². The van der Waals surface area contributed by atoms with E-state index in [0.29, 0.717) is 5.56 Å². The Morgan fingerprint density at radius 1 is 1.20 bits per heavy atom. The lowest BCUT2D eigenvalue weighted by Gasteiger charge is -2.03. The van der Waals surface area contributed by atoms with Gasteiger partial charge in [0.25, 0.3) is 0 Å². The van der Waals surface area contributed by atoms with E-state index in [4.69, 9.17) is 9.47 Å². The molecule has 0 fully saturated rings. The van der Waals surface area contributed by atoms with E-state index >= 15 is 0 Å². The minimum atomic E-state index is -0.603. The third-order valence-electron chi connectivity index (χ3n) is 3.62. The molecule has 1 heterocycles. The number of nitrogens with zero attached hydrogens (tertiary/aromatic N) is 2. The molecule has 0 unspecified atom stereocenters. The molecule has 0 saturated carbocycles. The third kappa shape index (κ3) is 3.40. The number of aryl methyl sites for hydroxylation is 1. The molecule has 7 heteroatoms. The highest BCUT2D eigenvalue weighted by atomic mass is 16.6. The SMILES string of the molecule is COc1ccc(C2=N/C(=C\c3ccc(C)cc3)C(=O)O2)cc1[N+](=O)[O-]. The summed E-state index contributed by atoms with van der Waals surface area (Å²) < 4.78 is 10.1. The van der Waals surface area contributed by atoms with E-state index in [2.05, 4.69) is 4.99 Å². The highest BCUT2D eigenvalue weighted by molar-refractivity contribution is 6.13. The van der Waals surface area contributed by atoms with Crippen LogP contribution in [0.2, 0.25) is 0 Å². The van der Waals surface area contributed by atoms with Crippen LogP contribution in [0.1, 0.15) is 16.7 Å². The standard InChI is InChI=1S/C18H14N2O5/c1-11-3-5-12(6-4-11)9-14-18(21)25-17(19-14)13-7-8-16(24-2)15(10-13)20(22)23/h3-10H,1-2H3/b14-9-. The summed E-state index contributed by atoms with van der Waals surface area (Å²) in [5.41, 5.74) is 2.15. The maximum Gasteiger partial charge on any atom is 0.363 e. The van der Waals surface area contributed by atoms with Gasteiger partial charge in [-0.3, -0.25) is 10.1 Å². The normalized spacial score (nSPS) is 15.0. The average molecular weight is 338 g/mol. The average Bonchev–Trinajstić information content (AvgIpc) is 2.97. The third-order valence-corrected chi connectivity index (χ3v) is 3.62. The molecule has 126 valence electrons. The number of methoxy groups -OCH3 is 1. The maximum absolute atomic E-state index is 12.0. The van der Waals surface area contributed by atoms with E-state index in [1.807, 2.05) is 31.2 Å². The van der Waals surface area contributed by atoms with Crippen LogP contribution in [0.15, 0.2) is 53.2 Å². The Morgan fingerprint density at radius 3 is 2.56 bits per heavy atom. The van der Waals surface area contributed by atoms with Crippen molar-refractivity contribution in [2.75, 3.05) is 7.11 Å². The lowest BCUT2D eigenvalue weighted by atomic mass is 10.1. The molecular weight excluding hydrogens is 324 g/mol. The van der Waals surface area contributed by atoms with E-state index in [1.54, 1.807) is 12.1 Å². The molecule has 0 spiro atoms. The predicted molar refractivity (Wildman–Crippen MR) is 91.4 cm³/mol. The number of hydrogen-bond donors (Lipinski definition) is 0. The van der Waals surface area contributed by atoms with Crippen LogP contribution in [0, 0.1) is 17.0 Å². The molecule has 7 nitrogen and oxygen atoms in total. The van der Waals surface area contributed by atoms with Gasteiger partial charge < -0.3 is 9.47 Å². The Labute approximate surface area is 143 Å². The molecule has 0 amide bonds. The molecule has 0 radical (unpaired) electrons. The zero-order valence-electron chi connectivity index (χ0n) is 13.6. The van der Waals surface area contributed by atoms with Crippen LogP contribution < -0.4 is 4.74 Å². The van der Waals surface area contributed by atoms with Gasteiger partial charge in [0.15, 0.2) is 11.4 Å². The fourth-order valence-electron chi connectivity index (χ4n) is 2.32. The summed E-state index contributed by atoms with van der Waals surface area (Å²) >= 11 is 0. The smallest absolute Gasteiger partial charge is 0.363 e. The largest absolute Gasteiger partial charge is 0.490 e. The lowest BCUT2D eigenvalue weighted by Crippen LogP contribution is -2.06. The second-order valence-electron chi connectivity index (χ2n) is 5.39. The number of benzene rings is 2. The number of cyclic esters (lactones) is 1. The van der Waals surface area contributed by atoms with E-state index in [1.165, 1.54) is 19.2 Å². The Balaban J connectivity index is 1.96. The van der Waals surface area contributed by atoms with Crippen LogP contribution in [0.4, 0.5) is 5.69 Å². The van der Waals surface area contributed by atoms with Crippen molar-refractivity contribution in [3.63, 3.8) is 0 Å². The van der Waals surface area contributed by atoms with Gasteiger partial charge in [-0.2, -0.15) is 0 Å². The first-order chi connectivity index (χ1) is 12.0. The molecule has 0 aliphatic carbocycles. The lowest BCUT2D eigenvalue weighted by molar-refractivity contribution is -0.385. The first kappa shape index (κ1) is 16.4. The van der Waals surface area contributed by atoms with Crippen LogP contribution in [0.25, 0.3) is 6.08 Å². The second kappa shape index (κ2) is 6.56. The summed E-state index contributed by atoms with van der Waals surface area (Å²) in [6.07, 6.45) is 1.60. The molecule has 0 atom stereocenters. The number of carbonyl (C=O) groups is 1. The summed E-state index contributed by atoms with van der Waals surface area (Å²) in [5, 5.41) is 11.1. The fourth-order valence-corrected chi connectivity index (χ4v) is 2.32. The monoisotopic (exact) mass is 338 g/mol. The number of hydrogen-bond acceptors (Lipinski definition) is 6. The van der Waals surface area contributed by atoms with Crippen molar-refractivity contribution >= 4 is 23.6 Å². The quantitative estimate of drug-likeness (QED) is 0.369. The summed E-state index contributed by atoms with van der Waals surface area (Å²) in [4.78, 5) is 26.7. The van der Waals surface area contributed by atoms with Gasteiger partial charge in [0, 0.05) is 11.6 Å². The van der Waals surface area contributed by atoms with Crippen molar-refractivity contribution in [3.05, 3.63) is 75.0 Å². The molecule has 0 aromatic heterocycles. The van der Waals surface area contributed by atoms with E-state index in [0.717, 1.165) is 11.1 Å². The number of nitro benzene ring substituents is 1. The summed E-state index contributed by atoms with van der Waals surface area (Å²) in [5.74, 6) is -0.461. The topological polar surface area (TPSA) is 91.0 Å². The Hall–Kier alpha value is -3.48. The molecule has 1 aliphatic rings. The molecule has 2 aromatic carbocycles. The van der Waals surface area contributed by atoms with Crippen LogP contribution in [-0.4, -0.2) is 23.9 Å². The van der Waals surface area contributed by atoms with Crippen LogP contribution in [0.5, 0.6) is 5.75 Å². The van der Waals surface area contributed by atoms with Gasteiger partial charge in [0.1, 0.15) is 0 Å². The number of aliphatic imine (C=N–C) groups is 1. The number of rotatable bonds is 4. The van der Waals surface area contributed by atoms with Crippen LogP contribution >= 0.6 is 0 Å². The van der Waals surface area contributed by atoms with Gasteiger partial charge in [-0.25, -0.2) is 9.79 Å². The Bertz CT molecular complexity index is 914. The summed E-state index contributed by atoms with van der Waals surface area (Å²) in [6.45, 7) is 1.97. The first-order valence-corrected chi connectivity index (χ1v) is 7.40. The van der Waals surface area contributed by atoms with Crippen molar-refractivity contribution in [1.82, 2.24) is 0 Å². The molecule has 2 aromatic rings. The predicted octanol–water partition coefficient (Wildman–Crippen LogP) is 3.26. The van der Waals surface area contributed by atoms with Crippen molar-refractivity contribution in [2.24, 2.45) is 4.99 Å². The fraction of sp³-hybridized carbons (Fsp3) is 0.111. The van der Waals surface area contributed by atoms with Crippen molar-refractivity contribution in [1.29, 1.82) is 0 Å². The number of carbonyl (C=O) groups excluding carboxylic acids is 1. The molecule has 3 rings (SSSR count). The van der Waals surface area contributed by atoms with E-state index < -0.39 is 10.9 Å². The number of esters is 1. The van der Waals surface area contributed by atoms with E-state index in [9.17, 15) is 14.9 Å². The van der Waals surface area contributed by atoms with E-state index in [-0.39, 0.29) is 23.0 Å². The van der Waals surface area contributed by atoms with Crippen LogP contribution in [0.3, 0.4) is 0 Å². The number of nitro groups is 1. The molecule has 0 bridgehead atoms. The number of ether oxygens (including phenoxy) is 2. The van der Waals surface area contributed by atoms with Crippen molar-refractivity contribution in [3.8, 4) is 5.75 Å². The van der Waals surface area contributed by atoms with Gasteiger partial charge in [-0.1, -0.05) is 29.8 Å². The minimum Gasteiger partial charge on any atom is -0.490 e. The summed E-state index contributed by atoms with van der Waals surface area (Å²) in [7, 11) is 1.34. The first-order valence-electron chi connectivity index (χ1n) is 7.40. The Kier molecular flexibility index (Phi) is 4.30. The van der Waals surface area contributed by atoms with Gasteiger partial charge in [-0.05, 0) is 30.7 Å². The highest BCUT2D eigenvalue weighted by Gasteiger charge is 2.26. The molecule has 1 aliphatic heterocycles. The zero-order chi connectivity index (χ0) is 18.0. The highest BCUT2D eigenvalue weighted by Crippen LogP contribution is 2.29. The van der Waals surface area contributed by atoms with Crippen molar-refractivity contribution in [2.45, 2.75) is 6.92 Å². The van der Waals surface area contributed by atoms with Crippen molar-refractivity contribution < 1.29 is 19.2 Å².